The summed E-state index contributed by atoms with van der Waals surface area (Å²) in [5.74, 6) is 0. The average Bonchev–Trinajstić information content (AvgIpc) is 3.72. The minimum atomic E-state index is 1.25. The highest BCUT2D eigenvalue weighted by Crippen LogP contribution is 2.55. The summed E-state index contributed by atoms with van der Waals surface area (Å²) in [6.45, 7) is 2.28. The minimum Gasteiger partial charge on any atom is -0.0622 e. The van der Waals surface area contributed by atoms with Crippen LogP contribution in [0.25, 0.3) is 120 Å². The predicted octanol–water partition coefficient (Wildman–Crippen LogP) is 15.1. The largest absolute Gasteiger partial charge is 0.0622 e. The molecule has 0 spiro atoms. The summed E-state index contributed by atoms with van der Waals surface area (Å²) < 4.78 is 0. The minimum absolute atomic E-state index is 1.25. The fourth-order valence-corrected chi connectivity index (χ4v) is 9.96. The van der Waals surface area contributed by atoms with Gasteiger partial charge < -0.3 is 0 Å². The normalized spacial score (nSPS) is 12.2. The van der Waals surface area contributed by atoms with E-state index in [1.54, 1.807) is 0 Å². The zero-order valence-corrected chi connectivity index (χ0v) is 29.2. The Bertz CT molecular complexity index is 3430. The number of fused-ring (bicyclic) bond motifs is 9. The molecule has 0 saturated carbocycles. The highest BCUT2D eigenvalue weighted by molar-refractivity contribution is 6.45. The van der Waals surface area contributed by atoms with Crippen LogP contribution in [0.2, 0.25) is 0 Å². The van der Waals surface area contributed by atoms with E-state index in [0.717, 1.165) is 0 Å². The van der Waals surface area contributed by atoms with Gasteiger partial charge in [-0.2, -0.15) is 0 Å². The molecule has 12 rings (SSSR count). The van der Waals surface area contributed by atoms with Gasteiger partial charge in [0, 0.05) is 0 Å². The van der Waals surface area contributed by atoms with Crippen LogP contribution >= 0.6 is 0 Å². The topological polar surface area (TPSA) is 0 Å². The summed E-state index contributed by atoms with van der Waals surface area (Å²) in [6, 6.07) is 65.8. The molecule has 12 aromatic rings. The molecule has 0 atom stereocenters. The van der Waals surface area contributed by atoms with E-state index in [1.165, 1.54) is 125 Å². The van der Waals surface area contributed by atoms with Crippen LogP contribution in [0.15, 0.2) is 176 Å². The van der Waals surface area contributed by atoms with Crippen molar-refractivity contribution in [3.8, 4) is 33.4 Å². The van der Waals surface area contributed by atoms with Crippen LogP contribution < -0.4 is 0 Å². The van der Waals surface area contributed by atoms with E-state index in [1.807, 2.05) is 0 Å². The van der Waals surface area contributed by atoms with Crippen LogP contribution in [0.4, 0.5) is 0 Å². The van der Waals surface area contributed by atoms with Crippen molar-refractivity contribution in [1.82, 2.24) is 0 Å². The van der Waals surface area contributed by atoms with E-state index >= 15 is 0 Å². The fraction of sp³-hybridized carbons (Fsp3) is 0.0189. The van der Waals surface area contributed by atoms with E-state index in [-0.39, 0.29) is 0 Å². The van der Waals surface area contributed by atoms with Crippen molar-refractivity contribution in [2.24, 2.45) is 0 Å². The van der Waals surface area contributed by atoms with Crippen molar-refractivity contribution in [2.75, 3.05) is 0 Å². The van der Waals surface area contributed by atoms with Crippen molar-refractivity contribution < 1.29 is 0 Å². The molecule has 0 fully saturated rings. The Morgan fingerprint density at radius 2 is 0.774 bits per heavy atom. The summed E-state index contributed by atoms with van der Waals surface area (Å²) in [6.07, 6.45) is 0. The van der Waals surface area contributed by atoms with Crippen molar-refractivity contribution in [2.45, 2.75) is 6.92 Å². The maximum Gasteiger partial charge on any atom is -0.000719 e. The second-order valence-electron chi connectivity index (χ2n) is 14.7. The molecule has 0 saturated heterocycles. The van der Waals surface area contributed by atoms with Crippen molar-refractivity contribution in [3.05, 3.63) is 181 Å². The molecule has 12 aromatic carbocycles. The first-order valence-electron chi connectivity index (χ1n) is 18.6. The summed E-state index contributed by atoms with van der Waals surface area (Å²) in [5, 5.41) is 21.2. The third-order valence-corrected chi connectivity index (χ3v) is 12.1. The van der Waals surface area contributed by atoms with Gasteiger partial charge in [-0.3, -0.25) is 0 Å². The van der Waals surface area contributed by atoms with Crippen LogP contribution in [0.1, 0.15) is 5.56 Å². The van der Waals surface area contributed by atoms with Crippen LogP contribution in [-0.2, 0) is 0 Å². The van der Waals surface area contributed by atoms with E-state index in [9.17, 15) is 0 Å². The highest BCUT2D eigenvalue weighted by atomic mass is 14.3. The predicted molar refractivity (Wildman–Crippen MR) is 230 cm³/mol. The standard InChI is InChI=1S/C53H32/c1-31-35-19-9-8-14-32(35)26-27-36(31)39-28-29-44-49-41(39)23-13-25-43(49)53-48(34-17-6-3-7-18-34)51-42-24-12-22-40-37-20-10-11-21-38(37)45(50(40)42)30-46(51)47(52(44)53)33-15-4-2-5-16-33/h2-30H,1H3. The van der Waals surface area contributed by atoms with Gasteiger partial charge >= 0.3 is 0 Å². The van der Waals surface area contributed by atoms with Crippen LogP contribution in [-0.4, -0.2) is 0 Å². The molecule has 0 N–H and O–H groups in total. The molecule has 0 unspecified atom stereocenters. The van der Waals surface area contributed by atoms with Gasteiger partial charge in [0.1, 0.15) is 0 Å². The number of hydrogen-bond donors (Lipinski definition) is 0. The number of rotatable bonds is 3. The van der Waals surface area contributed by atoms with Gasteiger partial charge in [0.25, 0.3) is 0 Å². The number of aryl methyl sites for hydroxylation is 1. The van der Waals surface area contributed by atoms with E-state index in [0.29, 0.717) is 0 Å². The highest BCUT2D eigenvalue weighted by Gasteiger charge is 2.27. The lowest BCUT2D eigenvalue weighted by atomic mass is 9.84. The van der Waals surface area contributed by atoms with Crippen LogP contribution in [0, 0.1) is 6.92 Å². The van der Waals surface area contributed by atoms with E-state index in [2.05, 4.69) is 183 Å². The van der Waals surface area contributed by atoms with Crippen molar-refractivity contribution in [3.63, 3.8) is 0 Å². The zero-order chi connectivity index (χ0) is 34.8. The smallest absolute Gasteiger partial charge is 0.000719 e. The van der Waals surface area contributed by atoms with Crippen LogP contribution in [0.3, 0.4) is 0 Å². The van der Waals surface area contributed by atoms with Gasteiger partial charge in [-0.05, 0) is 138 Å². The second kappa shape index (κ2) is 10.6. The maximum atomic E-state index is 2.52. The molecule has 0 aromatic heterocycles. The Labute approximate surface area is 306 Å². The molecule has 0 aliphatic carbocycles. The van der Waals surface area contributed by atoms with Crippen molar-refractivity contribution >= 4 is 86.2 Å². The second-order valence-corrected chi connectivity index (χ2v) is 14.7. The molecule has 53 heavy (non-hydrogen) atoms. The van der Waals surface area contributed by atoms with Gasteiger partial charge in [0.05, 0.1) is 0 Å². The van der Waals surface area contributed by atoms with Gasteiger partial charge in [-0.25, -0.2) is 0 Å². The Hall–Kier alpha value is -6.76. The van der Waals surface area contributed by atoms with Crippen LogP contribution in [0.5, 0.6) is 0 Å². The van der Waals surface area contributed by atoms with E-state index in [4.69, 9.17) is 0 Å². The lowest BCUT2D eigenvalue weighted by Crippen LogP contribution is -1.91. The lowest BCUT2D eigenvalue weighted by Gasteiger charge is -2.19. The third kappa shape index (κ3) is 3.80. The zero-order valence-electron chi connectivity index (χ0n) is 29.2. The molecule has 0 radical (unpaired) electrons. The Kier molecular flexibility index (Phi) is 5.80. The molecule has 0 heterocycles. The van der Waals surface area contributed by atoms with Crippen molar-refractivity contribution in [1.29, 1.82) is 0 Å². The third-order valence-electron chi connectivity index (χ3n) is 12.1. The number of benzene rings is 10. The number of hydrogen-bond acceptors (Lipinski definition) is 0. The Morgan fingerprint density at radius 1 is 0.264 bits per heavy atom. The lowest BCUT2D eigenvalue weighted by molar-refractivity contribution is 1.52. The quantitative estimate of drug-likeness (QED) is 0.164. The first-order chi connectivity index (χ1) is 26.3. The van der Waals surface area contributed by atoms with Gasteiger partial charge in [0.2, 0.25) is 0 Å². The molecule has 0 amide bonds. The molecule has 0 bridgehead atoms. The SMILES string of the molecule is Cc1c(-c2ccc3c4c(-c5ccccc5)c5cc6c7ccccc7c7cccc(c5c(-c5ccccc5)c4c4cccc2c34)c76)ccc2ccccc12. The first kappa shape index (κ1) is 28.9. The van der Waals surface area contributed by atoms with E-state index < -0.39 is 0 Å². The molecule has 244 valence electrons. The summed E-state index contributed by atoms with van der Waals surface area (Å²) in [4.78, 5) is 0. The average molecular weight is 669 g/mol. The molecule has 0 aliphatic rings. The molecular formula is C53H32. The van der Waals surface area contributed by atoms with Gasteiger partial charge in [-0.1, -0.05) is 170 Å². The Balaban J connectivity index is 1.35. The van der Waals surface area contributed by atoms with Gasteiger partial charge in [0.15, 0.2) is 0 Å². The van der Waals surface area contributed by atoms with Gasteiger partial charge in [-0.15, -0.1) is 0 Å². The summed E-state index contributed by atoms with van der Waals surface area (Å²) in [5.41, 5.74) is 9.04. The summed E-state index contributed by atoms with van der Waals surface area (Å²) >= 11 is 0. The fourth-order valence-electron chi connectivity index (χ4n) is 9.96. The maximum absolute atomic E-state index is 2.52. The summed E-state index contributed by atoms with van der Waals surface area (Å²) in [7, 11) is 0. The monoisotopic (exact) mass is 668 g/mol. The molecule has 0 nitrogen and oxygen atoms in total. The first-order valence-corrected chi connectivity index (χ1v) is 18.6. The molecule has 0 aliphatic heterocycles. The Morgan fingerprint density at radius 3 is 1.53 bits per heavy atom. The molecular weight excluding hydrogens is 637 g/mol. The molecule has 0 heteroatoms.